The Kier molecular flexibility index (Phi) is 5.30. The average Bonchev–Trinajstić information content (AvgIpc) is 2.43. The van der Waals surface area contributed by atoms with Crippen LogP contribution < -0.4 is 4.74 Å². The normalized spacial score (nSPS) is 12.2. The lowest BCUT2D eigenvalue weighted by Gasteiger charge is -2.17. The average molecular weight is 378 g/mol. The van der Waals surface area contributed by atoms with E-state index < -0.39 is 11.2 Å². The van der Waals surface area contributed by atoms with E-state index in [1.807, 2.05) is 25.1 Å². The van der Waals surface area contributed by atoms with Crippen LogP contribution in [0, 0.1) is 5.82 Å². The van der Waals surface area contributed by atoms with Gasteiger partial charge < -0.3 is 4.74 Å². The SMILES string of the molecule is CCOc1ccc(Br)cc1C(Cl)c1cccc(F)c1Cl. The van der Waals surface area contributed by atoms with Gasteiger partial charge in [-0.3, -0.25) is 0 Å². The fourth-order valence-electron chi connectivity index (χ4n) is 1.89. The van der Waals surface area contributed by atoms with Gasteiger partial charge in [-0.05, 0) is 36.8 Å². The van der Waals surface area contributed by atoms with Crippen molar-refractivity contribution in [2.75, 3.05) is 6.61 Å². The van der Waals surface area contributed by atoms with Crippen molar-refractivity contribution < 1.29 is 9.13 Å². The Morgan fingerprint density at radius 1 is 1.25 bits per heavy atom. The van der Waals surface area contributed by atoms with Gasteiger partial charge in [0.1, 0.15) is 11.6 Å². The molecule has 1 unspecified atom stereocenters. The zero-order valence-corrected chi connectivity index (χ0v) is 13.8. The van der Waals surface area contributed by atoms with E-state index in [4.69, 9.17) is 27.9 Å². The molecule has 2 aromatic rings. The van der Waals surface area contributed by atoms with Crippen LogP contribution in [0.5, 0.6) is 5.75 Å². The second-order valence-corrected chi connectivity index (χ2v) is 5.85. The van der Waals surface area contributed by atoms with E-state index in [1.165, 1.54) is 6.07 Å². The summed E-state index contributed by atoms with van der Waals surface area (Å²) in [6.07, 6.45) is 0. The lowest BCUT2D eigenvalue weighted by molar-refractivity contribution is 0.337. The van der Waals surface area contributed by atoms with Gasteiger partial charge in [-0.15, -0.1) is 11.6 Å². The smallest absolute Gasteiger partial charge is 0.142 e. The zero-order valence-electron chi connectivity index (χ0n) is 10.7. The Bertz CT molecular complexity index is 619. The molecule has 0 spiro atoms. The molecule has 106 valence electrons. The van der Waals surface area contributed by atoms with Crippen LogP contribution in [0.25, 0.3) is 0 Å². The highest BCUT2D eigenvalue weighted by molar-refractivity contribution is 9.10. The maximum atomic E-state index is 13.6. The van der Waals surface area contributed by atoms with Crippen LogP contribution in [0.15, 0.2) is 40.9 Å². The van der Waals surface area contributed by atoms with Crippen LogP contribution in [-0.2, 0) is 0 Å². The Hall–Kier alpha value is -0.770. The summed E-state index contributed by atoms with van der Waals surface area (Å²) in [7, 11) is 0. The van der Waals surface area contributed by atoms with E-state index >= 15 is 0 Å². The standard InChI is InChI=1S/C15H12BrCl2FO/c1-2-20-13-7-6-9(16)8-11(13)14(17)10-4-3-5-12(19)15(10)18/h3-8,14H,2H2,1H3. The molecule has 1 atom stereocenters. The third kappa shape index (κ3) is 3.27. The molecule has 0 aliphatic carbocycles. The fourth-order valence-corrected chi connectivity index (χ4v) is 2.91. The van der Waals surface area contributed by atoms with Crippen LogP contribution in [-0.4, -0.2) is 6.61 Å². The fraction of sp³-hybridized carbons (Fsp3) is 0.200. The molecule has 1 nitrogen and oxygen atoms in total. The molecule has 0 saturated carbocycles. The molecule has 0 aliphatic heterocycles. The molecule has 0 aromatic heterocycles. The van der Waals surface area contributed by atoms with Gasteiger partial charge in [-0.2, -0.15) is 0 Å². The maximum Gasteiger partial charge on any atom is 0.142 e. The first kappa shape index (κ1) is 15.6. The predicted molar refractivity (Wildman–Crippen MR) is 84.4 cm³/mol. The number of ether oxygens (including phenoxy) is 1. The van der Waals surface area contributed by atoms with Crippen molar-refractivity contribution in [1.29, 1.82) is 0 Å². The quantitative estimate of drug-likeness (QED) is 0.596. The van der Waals surface area contributed by atoms with Crippen LogP contribution in [0.2, 0.25) is 5.02 Å². The lowest BCUT2D eigenvalue weighted by atomic mass is 10.0. The van der Waals surface area contributed by atoms with Crippen molar-refractivity contribution in [3.8, 4) is 5.75 Å². The molecule has 0 bridgehead atoms. The maximum absolute atomic E-state index is 13.6. The van der Waals surface area contributed by atoms with Crippen LogP contribution in [0.3, 0.4) is 0 Å². The third-order valence-electron chi connectivity index (χ3n) is 2.80. The van der Waals surface area contributed by atoms with Crippen LogP contribution in [0.1, 0.15) is 23.4 Å². The zero-order chi connectivity index (χ0) is 14.7. The van der Waals surface area contributed by atoms with Gasteiger partial charge in [-0.25, -0.2) is 4.39 Å². The molecule has 0 heterocycles. The van der Waals surface area contributed by atoms with E-state index in [0.29, 0.717) is 17.9 Å². The van der Waals surface area contributed by atoms with Crippen molar-refractivity contribution in [1.82, 2.24) is 0 Å². The summed E-state index contributed by atoms with van der Waals surface area (Å²) in [5.41, 5.74) is 1.27. The second-order valence-electron chi connectivity index (χ2n) is 4.12. The van der Waals surface area contributed by atoms with Gasteiger partial charge in [0, 0.05) is 10.0 Å². The molecule has 0 aliphatic rings. The largest absolute Gasteiger partial charge is 0.494 e. The number of alkyl halides is 1. The van der Waals surface area contributed by atoms with E-state index in [9.17, 15) is 4.39 Å². The summed E-state index contributed by atoms with van der Waals surface area (Å²) in [6, 6.07) is 10.1. The van der Waals surface area contributed by atoms with Gasteiger partial charge >= 0.3 is 0 Å². The number of halogens is 4. The highest BCUT2D eigenvalue weighted by Crippen LogP contribution is 2.40. The highest BCUT2D eigenvalue weighted by Gasteiger charge is 2.20. The highest BCUT2D eigenvalue weighted by atomic mass is 79.9. The summed E-state index contributed by atoms with van der Waals surface area (Å²) in [5.74, 6) is 0.179. The van der Waals surface area contributed by atoms with Gasteiger partial charge in [0.25, 0.3) is 0 Å². The predicted octanol–water partition coefficient (Wildman–Crippen LogP) is 5.97. The molecule has 0 amide bonds. The molecule has 0 radical (unpaired) electrons. The summed E-state index contributed by atoms with van der Waals surface area (Å²) < 4.78 is 20.0. The molecule has 0 N–H and O–H groups in total. The van der Waals surface area contributed by atoms with Crippen molar-refractivity contribution in [2.24, 2.45) is 0 Å². The summed E-state index contributed by atoms with van der Waals surface area (Å²) in [6.45, 7) is 2.42. The number of hydrogen-bond acceptors (Lipinski definition) is 1. The van der Waals surface area contributed by atoms with E-state index in [1.54, 1.807) is 12.1 Å². The van der Waals surface area contributed by atoms with E-state index in [0.717, 1.165) is 10.0 Å². The Labute approximate surface area is 135 Å². The van der Waals surface area contributed by atoms with Crippen molar-refractivity contribution in [2.45, 2.75) is 12.3 Å². The minimum Gasteiger partial charge on any atom is -0.494 e. The van der Waals surface area contributed by atoms with Gasteiger partial charge in [-0.1, -0.05) is 39.7 Å². The number of rotatable bonds is 4. The molecule has 20 heavy (non-hydrogen) atoms. The summed E-state index contributed by atoms with van der Waals surface area (Å²) in [4.78, 5) is 0. The van der Waals surface area contributed by atoms with Gasteiger partial charge in [0.2, 0.25) is 0 Å². The molecular formula is C15H12BrCl2FO. The van der Waals surface area contributed by atoms with Crippen molar-refractivity contribution >= 4 is 39.1 Å². The molecule has 0 saturated heterocycles. The first-order chi connectivity index (χ1) is 9.54. The molecule has 5 heteroatoms. The Morgan fingerprint density at radius 3 is 2.70 bits per heavy atom. The topological polar surface area (TPSA) is 9.23 Å². The van der Waals surface area contributed by atoms with Gasteiger partial charge in [0.05, 0.1) is 17.0 Å². The van der Waals surface area contributed by atoms with Crippen LogP contribution >= 0.6 is 39.1 Å². The van der Waals surface area contributed by atoms with Gasteiger partial charge in [0.15, 0.2) is 0 Å². The second kappa shape index (κ2) is 6.79. The summed E-state index contributed by atoms with van der Waals surface area (Å²) >= 11 is 15.9. The molecule has 0 fully saturated rings. The van der Waals surface area contributed by atoms with E-state index in [2.05, 4.69) is 15.9 Å². The van der Waals surface area contributed by atoms with Crippen molar-refractivity contribution in [3.63, 3.8) is 0 Å². The minimum absolute atomic E-state index is 0.0370. The third-order valence-corrected chi connectivity index (χ3v) is 4.16. The first-order valence-corrected chi connectivity index (χ1v) is 7.65. The van der Waals surface area contributed by atoms with Crippen LogP contribution in [0.4, 0.5) is 4.39 Å². The summed E-state index contributed by atoms with van der Waals surface area (Å²) in [5, 5.41) is -0.549. The molecular weight excluding hydrogens is 366 g/mol. The Balaban J connectivity index is 2.49. The van der Waals surface area contributed by atoms with Crippen molar-refractivity contribution in [3.05, 3.63) is 62.8 Å². The molecule has 2 rings (SSSR count). The number of hydrogen-bond donors (Lipinski definition) is 0. The minimum atomic E-state index is -0.586. The molecule has 2 aromatic carbocycles. The number of benzene rings is 2. The van der Waals surface area contributed by atoms with E-state index in [-0.39, 0.29) is 5.02 Å². The first-order valence-electron chi connectivity index (χ1n) is 6.04. The monoisotopic (exact) mass is 376 g/mol. The lowest BCUT2D eigenvalue weighted by Crippen LogP contribution is -2.01. The Morgan fingerprint density at radius 2 is 2.00 bits per heavy atom.